The van der Waals surface area contributed by atoms with Gasteiger partial charge in [0, 0.05) is 6.42 Å². The fraction of sp³-hybridized carbons (Fsp3) is 0.857. The fourth-order valence-corrected chi connectivity index (χ4v) is 0.786. The van der Waals surface area contributed by atoms with Gasteiger partial charge in [-0.15, -0.1) is 0 Å². The topological polar surface area (TPSA) is 63.3 Å². The molecule has 0 rings (SSSR count). The number of aliphatic carboxylic acids is 1. The lowest BCUT2D eigenvalue weighted by Gasteiger charge is -2.04. The normalized spacial score (nSPS) is 13.3. The number of hydrogen-bond donors (Lipinski definition) is 2. The van der Waals surface area contributed by atoms with E-state index in [0.29, 0.717) is 12.8 Å². The second-order valence-corrected chi connectivity index (χ2v) is 2.62. The minimum Gasteiger partial charge on any atom is -0.480 e. The first-order valence-electron chi connectivity index (χ1n) is 3.80. The number of halogens is 2. The highest BCUT2D eigenvalue weighted by Gasteiger charge is 2.10. The van der Waals surface area contributed by atoms with Gasteiger partial charge in [-0.2, -0.15) is 0 Å². The van der Waals surface area contributed by atoms with Crippen LogP contribution in [0.25, 0.3) is 0 Å². The van der Waals surface area contributed by atoms with E-state index in [0.717, 1.165) is 0 Å². The molecule has 0 heterocycles. The second kappa shape index (κ2) is 5.88. The van der Waals surface area contributed by atoms with Crippen LogP contribution in [0.15, 0.2) is 0 Å². The number of rotatable bonds is 6. The van der Waals surface area contributed by atoms with Crippen LogP contribution in [0, 0.1) is 0 Å². The summed E-state index contributed by atoms with van der Waals surface area (Å²) in [6.07, 6.45) is -1.43. The van der Waals surface area contributed by atoms with E-state index in [1.807, 2.05) is 0 Å². The van der Waals surface area contributed by atoms with E-state index in [-0.39, 0.29) is 12.8 Å². The smallest absolute Gasteiger partial charge is 0.320 e. The zero-order valence-corrected chi connectivity index (χ0v) is 6.67. The summed E-state index contributed by atoms with van der Waals surface area (Å²) in [4.78, 5) is 10.2. The van der Waals surface area contributed by atoms with Crippen LogP contribution in [0.3, 0.4) is 0 Å². The molecule has 5 heteroatoms. The van der Waals surface area contributed by atoms with Gasteiger partial charge in [-0.05, 0) is 12.8 Å². The van der Waals surface area contributed by atoms with Crippen molar-refractivity contribution in [1.29, 1.82) is 0 Å². The third-order valence-corrected chi connectivity index (χ3v) is 1.50. The molecule has 0 aromatic carbocycles. The SMILES string of the molecule is N[C@@H](CCCCC(F)F)C(=O)O. The third kappa shape index (κ3) is 6.03. The number of nitrogens with two attached hydrogens (primary N) is 1. The Morgan fingerprint density at radius 1 is 1.33 bits per heavy atom. The molecule has 0 amide bonds. The van der Waals surface area contributed by atoms with E-state index >= 15 is 0 Å². The quantitative estimate of drug-likeness (QED) is 0.605. The molecule has 0 fully saturated rings. The van der Waals surface area contributed by atoms with Crippen LogP contribution < -0.4 is 5.73 Å². The Morgan fingerprint density at radius 2 is 1.83 bits per heavy atom. The lowest BCUT2D eigenvalue weighted by Crippen LogP contribution is -2.29. The van der Waals surface area contributed by atoms with E-state index < -0.39 is 18.4 Å². The van der Waals surface area contributed by atoms with Crippen molar-refractivity contribution in [3.05, 3.63) is 0 Å². The molecule has 0 aliphatic rings. The molecule has 3 N–H and O–H groups in total. The van der Waals surface area contributed by atoms with Crippen LogP contribution in [-0.2, 0) is 4.79 Å². The van der Waals surface area contributed by atoms with Crippen molar-refractivity contribution in [2.45, 2.75) is 38.2 Å². The van der Waals surface area contributed by atoms with Gasteiger partial charge in [0.05, 0.1) is 0 Å². The molecule has 0 aromatic rings. The van der Waals surface area contributed by atoms with E-state index in [1.165, 1.54) is 0 Å². The summed E-state index contributed by atoms with van der Waals surface area (Å²) in [7, 11) is 0. The first-order valence-corrected chi connectivity index (χ1v) is 3.80. The number of carboxylic acids is 1. The molecular weight excluding hydrogens is 168 g/mol. The summed E-state index contributed by atoms with van der Waals surface area (Å²) in [5.41, 5.74) is 5.15. The maximum atomic E-state index is 11.6. The second-order valence-electron chi connectivity index (χ2n) is 2.62. The molecule has 0 unspecified atom stereocenters. The van der Waals surface area contributed by atoms with Gasteiger partial charge in [0.1, 0.15) is 6.04 Å². The molecule has 3 nitrogen and oxygen atoms in total. The fourth-order valence-electron chi connectivity index (χ4n) is 0.786. The number of hydrogen-bond acceptors (Lipinski definition) is 2. The van der Waals surface area contributed by atoms with Crippen LogP contribution in [0.2, 0.25) is 0 Å². The maximum absolute atomic E-state index is 11.6. The van der Waals surface area contributed by atoms with Crippen molar-refractivity contribution in [1.82, 2.24) is 0 Å². The molecule has 0 bridgehead atoms. The molecule has 0 aromatic heterocycles. The Bertz CT molecular complexity index is 141. The van der Waals surface area contributed by atoms with Crippen molar-refractivity contribution in [3.8, 4) is 0 Å². The summed E-state index contributed by atoms with van der Waals surface area (Å²) in [6, 6.07) is -0.914. The highest BCUT2D eigenvalue weighted by atomic mass is 19.3. The minimum absolute atomic E-state index is 0.174. The van der Waals surface area contributed by atoms with Crippen LogP contribution in [-0.4, -0.2) is 23.5 Å². The number of carbonyl (C=O) groups is 1. The van der Waals surface area contributed by atoms with E-state index in [1.54, 1.807) is 0 Å². The van der Waals surface area contributed by atoms with Crippen molar-refractivity contribution in [3.63, 3.8) is 0 Å². The van der Waals surface area contributed by atoms with Gasteiger partial charge in [0.2, 0.25) is 6.43 Å². The van der Waals surface area contributed by atoms with Gasteiger partial charge in [-0.1, -0.05) is 6.42 Å². The predicted molar refractivity (Wildman–Crippen MR) is 40.1 cm³/mol. The summed E-state index contributed by atoms with van der Waals surface area (Å²) >= 11 is 0. The van der Waals surface area contributed by atoms with Crippen LogP contribution in [0.4, 0.5) is 8.78 Å². The number of unbranched alkanes of at least 4 members (excludes halogenated alkanes) is 1. The van der Waals surface area contributed by atoms with Crippen molar-refractivity contribution >= 4 is 5.97 Å². The van der Waals surface area contributed by atoms with Crippen molar-refractivity contribution in [2.75, 3.05) is 0 Å². The monoisotopic (exact) mass is 181 g/mol. The van der Waals surface area contributed by atoms with Crippen LogP contribution in [0.1, 0.15) is 25.7 Å². The zero-order chi connectivity index (χ0) is 9.56. The Balaban J connectivity index is 3.25. The van der Waals surface area contributed by atoms with Gasteiger partial charge in [0.25, 0.3) is 0 Å². The summed E-state index contributed by atoms with van der Waals surface area (Å²) < 4.78 is 23.1. The average molecular weight is 181 g/mol. The largest absolute Gasteiger partial charge is 0.480 e. The van der Waals surface area contributed by atoms with Gasteiger partial charge in [0.15, 0.2) is 0 Å². The summed E-state index contributed by atoms with van der Waals surface area (Å²) in [5.74, 6) is -1.08. The molecule has 0 saturated carbocycles. The molecule has 0 radical (unpaired) electrons. The Hall–Kier alpha value is -0.710. The average Bonchev–Trinajstić information content (AvgIpc) is 1.97. The first-order chi connectivity index (χ1) is 5.54. The van der Waals surface area contributed by atoms with Gasteiger partial charge >= 0.3 is 5.97 Å². The van der Waals surface area contributed by atoms with Crippen LogP contribution in [0.5, 0.6) is 0 Å². The maximum Gasteiger partial charge on any atom is 0.320 e. The molecule has 0 aliphatic carbocycles. The lowest BCUT2D eigenvalue weighted by atomic mass is 10.1. The summed E-state index contributed by atoms with van der Waals surface area (Å²) in [6.45, 7) is 0. The lowest BCUT2D eigenvalue weighted by molar-refractivity contribution is -0.138. The molecule has 0 saturated heterocycles. The molecule has 0 aliphatic heterocycles. The van der Waals surface area contributed by atoms with E-state index in [2.05, 4.69) is 0 Å². The number of alkyl halides is 2. The Labute approximate surface area is 69.6 Å². The third-order valence-electron chi connectivity index (χ3n) is 1.50. The first kappa shape index (κ1) is 11.3. The Kier molecular flexibility index (Phi) is 5.53. The zero-order valence-electron chi connectivity index (χ0n) is 6.67. The summed E-state index contributed by atoms with van der Waals surface area (Å²) in [5, 5.41) is 8.32. The molecule has 12 heavy (non-hydrogen) atoms. The van der Waals surface area contributed by atoms with Crippen molar-refractivity contribution < 1.29 is 18.7 Å². The van der Waals surface area contributed by atoms with E-state index in [4.69, 9.17) is 10.8 Å². The minimum atomic E-state index is -2.30. The van der Waals surface area contributed by atoms with Gasteiger partial charge in [-0.25, -0.2) is 8.78 Å². The molecule has 1 atom stereocenters. The molecular formula is C7H13F2NO2. The molecule has 72 valence electrons. The standard InChI is InChI=1S/C7H13F2NO2/c8-6(9)4-2-1-3-5(10)7(11)12/h5-6H,1-4,10H2,(H,11,12)/t5-/m0/s1. The highest BCUT2D eigenvalue weighted by molar-refractivity contribution is 5.72. The molecule has 0 spiro atoms. The van der Waals surface area contributed by atoms with Crippen LogP contribution >= 0.6 is 0 Å². The van der Waals surface area contributed by atoms with Gasteiger partial charge < -0.3 is 10.8 Å². The van der Waals surface area contributed by atoms with Crippen molar-refractivity contribution in [2.24, 2.45) is 5.73 Å². The highest BCUT2D eigenvalue weighted by Crippen LogP contribution is 2.08. The van der Waals surface area contributed by atoms with E-state index in [9.17, 15) is 13.6 Å². The number of carboxylic acid groups (broad SMARTS) is 1. The van der Waals surface area contributed by atoms with Gasteiger partial charge in [-0.3, -0.25) is 4.79 Å². The Morgan fingerprint density at radius 3 is 2.25 bits per heavy atom. The predicted octanol–water partition coefficient (Wildman–Crippen LogP) is 1.22.